The molecule has 21 heavy (non-hydrogen) atoms. The molecule has 1 N–H and O–H groups in total. The molecule has 1 aromatic heterocycles. The highest BCUT2D eigenvalue weighted by atomic mass is 16.1. The fourth-order valence-corrected chi connectivity index (χ4v) is 2.72. The molecule has 3 heteroatoms. The van der Waals surface area contributed by atoms with E-state index in [0.717, 1.165) is 35.5 Å². The number of amides is 1. The zero-order valence-electron chi connectivity index (χ0n) is 13.3. The van der Waals surface area contributed by atoms with Crippen LogP contribution in [0.2, 0.25) is 0 Å². The number of aromatic nitrogens is 1. The molecule has 0 atom stereocenters. The van der Waals surface area contributed by atoms with Crippen molar-refractivity contribution >= 4 is 5.91 Å². The summed E-state index contributed by atoms with van der Waals surface area (Å²) in [6, 6.07) is 12.4. The van der Waals surface area contributed by atoms with E-state index in [1.54, 1.807) is 0 Å². The lowest BCUT2D eigenvalue weighted by Gasteiger charge is -2.15. The molecule has 0 aliphatic heterocycles. The van der Waals surface area contributed by atoms with Gasteiger partial charge in [-0.15, -0.1) is 0 Å². The second-order valence-electron chi connectivity index (χ2n) is 5.44. The van der Waals surface area contributed by atoms with Crippen LogP contribution in [0.4, 0.5) is 0 Å². The SMILES string of the molecule is CCC(CC)NC(=O)c1cc(C)n(-c2ccccc2)c1C. The van der Waals surface area contributed by atoms with Crippen LogP contribution in [0.1, 0.15) is 48.4 Å². The number of hydrogen-bond acceptors (Lipinski definition) is 1. The van der Waals surface area contributed by atoms with Gasteiger partial charge >= 0.3 is 0 Å². The van der Waals surface area contributed by atoms with Gasteiger partial charge in [0, 0.05) is 23.1 Å². The minimum absolute atomic E-state index is 0.0268. The van der Waals surface area contributed by atoms with Crippen LogP contribution in [-0.4, -0.2) is 16.5 Å². The number of nitrogens with zero attached hydrogens (tertiary/aromatic N) is 1. The molecule has 0 unspecified atom stereocenters. The molecule has 2 rings (SSSR count). The Hall–Kier alpha value is -2.03. The van der Waals surface area contributed by atoms with Crippen LogP contribution >= 0.6 is 0 Å². The van der Waals surface area contributed by atoms with Crippen LogP contribution in [-0.2, 0) is 0 Å². The lowest BCUT2D eigenvalue weighted by Crippen LogP contribution is -2.34. The van der Waals surface area contributed by atoms with Gasteiger partial charge in [0.2, 0.25) is 0 Å². The van der Waals surface area contributed by atoms with Crippen molar-refractivity contribution in [3.05, 3.63) is 53.3 Å². The minimum atomic E-state index is 0.0268. The Bertz CT molecular complexity index is 610. The summed E-state index contributed by atoms with van der Waals surface area (Å²) in [6.07, 6.45) is 1.92. The number of para-hydroxylation sites is 1. The second kappa shape index (κ2) is 6.61. The maximum absolute atomic E-state index is 12.5. The highest BCUT2D eigenvalue weighted by Crippen LogP contribution is 2.20. The Morgan fingerprint density at radius 2 is 1.76 bits per heavy atom. The number of carbonyl (C=O) groups excluding carboxylic acids is 1. The van der Waals surface area contributed by atoms with Crippen molar-refractivity contribution in [1.82, 2.24) is 9.88 Å². The lowest BCUT2D eigenvalue weighted by molar-refractivity contribution is 0.0934. The van der Waals surface area contributed by atoms with E-state index in [1.165, 1.54) is 0 Å². The van der Waals surface area contributed by atoms with Crippen molar-refractivity contribution < 1.29 is 4.79 Å². The van der Waals surface area contributed by atoms with E-state index >= 15 is 0 Å². The summed E-state index contributed by atoms with van der Waals surface area (Å²) in [7, 11) is 0. The van der Waals surface area contributed by atoms with Crippen molar-refractivity contribution in [3.8, 4) is 5.69 Å². The van der Waals surface area contributed by atoms with Gasteiger partial charge in [0.05, 0.1) is 5.56 Å². The number of nitrogens with one attached hydrogen (secondary N) is 1. The average molecular weight is 284 g/mol. The lowest BCUT2D eigenvalue weighted by atomic mass is 10.1. The highest BCUT2D eigenvalue weighted by Gasteiger charge is 2.18. The van der Waals surface area contributed by atoms with E-state index in [0.29, 0.717) is 0 Å². The maximum atomic E-state index is 12.5. The van der Waals surface area contributed by atoms with E-state index in [1.807, 2.05) is 38.1 Å². The summed E-state index contributed by atoms with van der Waals surface area (Å²) in [5, 5.41) is 3.11. The molecule has 112 valence electrons. The molecule has 0 spiro atoms. The molecule has 1 amide bonds. The minimum Gasteiger partial charge on any atom is -0.349 e. The molecule has 0 aliphatic rings. The van der Waals surface area contributed by atoms with Gasteiger partial charge in [0.25, 0.3) is 5.91 Å². The average Bonchev–Trinajstić information content (AvgIpc) is 2.80. The molecule has 1 heterocycles. The van der Waals surface area contributed by atoms with Crippen molar-refractivity contribution in [2.24, 2.45) is 0 Å². The van der Waals surface area contributed by atoms with Crippen molar-refractivity contribution in [1.29, 1.82) is 0 Å². The Balaban J connectivity index is 2.33. The summed E-state index contributed by atoms with van der Waals surface area (Å²) in [6.45, 7) is 8.24. The fraction of sp³-hybridized carbons (Fsp3) is 0.389. The first-order valence-electron chi connectivity index (χ1n) is 7.63. The Labute approximate surface area is 127 Å². The summed E-state index contributed by atoms with van der Waals surface area (Å²) >= 11 is 0. The number of benzene rings is 1. The first-order valence-corrected chi connectivity index (χ1v) is 7.63. The van der Waals surface area contributed by atoms with E-state index < -0.39 is 0 Å². The third-order valence-corrected chi connectivity index (χ3v) is 4.01. The number of hydrogen-bond donors (Lipinski definition) is 1. The van der Waals surface area contributed by atoms with E-state index in [4.69, 9.17) is 0 Å². The topological polar surface area (TPSA) is 34.0 Å². The van der Waals surface area contributed by atoms with Crippen LogP contribution in [0.3, 0.4) is 0 Å². The summed E-state index contributed by atoms with van der Waals surface area (Å²) in [4.78, 5) is 12.5. The number of carbonyl (C=O) groups is 1. The predicted molar refractivity (Wildman–Crippen MR) is 87.1 cm³/mol. The van der Waals surface area contributed by atoms with Crippen LogP contribution in [0.15, 0.2) is 36.4 Å². The van der Waals surface area contributed by atoms with Crippen molar-refractivity contribution in [2.45, 2.75) is 46.6 Å². The molecular weight excluding hydrogens is 260 g/mol. The highest BCUT2D eigenvalue weighted by molar-refractivity contribution is 5.96. The summed E-state index contributed by atoms with van der Waals surface area (Å²) in [5.41, 5.74) is 3.92. The van der Waals surface area contributed by atoms with Crippen LogP contribution in [0.25, 0.3) is 5.69 Å². The molecule has 0 saturated carbocycles. The molecule has 0 saturated heterocycles. The number of aryl methyl sites for hydroxylation is 1. The quantitative estimate of drug-likeness (QED) is 0.884. The van der Waals surface area contributed by atoms with Gasteiger partial charge in [-0.25, -0.2) is 0 Å². The molecule has 0 radical (unpaired) electrons. The third kappa shape index (κ3) is 3.18. The molecule has 0 fully saturated rings. The Morgan fingerprint density at radius 3 is 2.33 bits per heavy atom. The molecule has 0 aliphatic carbocycles. The predicted octanol–water partition coefficient (Wildman–Crippen LogP) is 4.01. The normalized spacial score (nSPS) is 10.9. The van der Waals surface area contributed by atoms with Crippen molar-refractivity contribution in [2.75, 3.05) is 0 Å². The first-order chi connectivity index (χ1) is 10.1. The molecule has 2 aromatic rings. The van der Waals surface area contributed by atoms with Crippen LogP contribution < -0.4 is 5.32 Å². The van der Waals surface area contributed by atoms with E-state index in [9.17, 15) is 4.79 Å². The maximum Gasteiger partial charge on any atom is 0.253 e. The zero-order valence-corrected chi connectivity index (χ0v) is 13.3. The number of rotatable bonds is 5. The zero-order chi connectivity index (χ0) is 15.4. The van der Waals surface area contributed by atoms with Gasteiger partial charge in [-0.1, -0.05) is 32.0 Å². The Morgan fingerprint density at radius 1 is 1.14 bits per heavy atom. The van der Waals surface area contributed by atoms with Gasteiger partial charge in [-0.2, -0.15) is 0 Å². The summed E-state index contributed by atoms with van der Waals surface area (Å²) in [5.74, 6) is 0.0268. The van der Waals surface area contributed by atoms with Gasteiger partial charge in [0.1, 0.15) is 0 Å². The molecule has 0 bridgehead atoms. The van der Waals surface area contributed by atoms with E-state index in [2.05, 4.69) is 35.9 Å². The van der Waals surface area contributed by atoms with Gasteiger partial charge in [0.15, 0.2) is 0 Å². The first kappa shape index (κ1) is 15.4. The fourth-order valence-electron chi connectivity index (χ4n) is 2.72. The largest absolute Gasteiger partial charge is 0.349 e. The van der Waals surface area contributed by atoms with Gasteiger partial charge in [-0.3, -0.25) is 4.79 Å². The van der Waals surface area contributed by atoms with Crippen LogP contribution in [0.5, 0.6) is 0 Å². The van der Waals surface area contributed by atoms with Crippen molar-refractivity contribution in [3.63, 3.8) is 0 Å². The Kier molecular flexibility index (Phi) is 4.84. The van der Waals surface area contributed by atoms with Gasteiger partial charge < -0.3 is 9.88 Å². The molecule has 1 aromatic carbocycles. The van der Waals surface area contributed by atoms with E-state index in [-0.39, 0.29) is 11.9 Å². The second-order valence-corrected chi connectivity index (χ2v) is 5.44. The molecule has 3 nitrogen and oxygen atoms in total. The van der Waals surface area contributed by atoms with Crippen LogP contribution in [0, 0.1) is 13.8 Å². The monoisotopic (exact) mass is 284 g/mol. The van der Waals surface area contributed by atoms with Gasteiger partial charge in [-0.05, 0) is 44.9 Å². The molecular formula is C18H24N2O. The standard InChI is InChI=1S/C18H24N2O/c1-5-15(6-2)19-18(21)17-12-13(3)20(14(17)4)16-10-8-7-9-11-16/h7-12,15H,5-6H2,1-4H3,(H,19,21). The smallest absolute Gasteiger partial charge is 0.253 e. The summed E-state index contributed by atoms with van der Waals surface area (Å²) < 4.78 is 2.13. The third-order valence-electron chi connectivity index (χ3n) is 4.01.